The fraction of sp³-hybridized carbons (Fsp3) is 0.596. The summed E-state index contributed by atoms with van der Waals surface area (Å²) in [5.74, 6) is -23.0. The van der Waals surface area contributed by atoms with Crippen LogP contribution in [0.25, 0.3) is 0 Å². The number of imidazole rings is 2. The molecule has 2 aromatic heterocycles. The Kier molecular flexibility index (Phi) is 48.5. The Hall–Kier alpha value is -13.0. The number of phenols is 1. The van der Waals surface area contributed by atoms with Gasteiger partial charge in [-0.15, -0.1) is 0 Å². The molecule has 742 valence electrons. The average molecular weight is 1890 g/mol. The Morgan fingerprint density at radius 3 is 1.16 bits per heavy atom. The number of aromatic hydroxyl groups is 1. The van der Waals surface area contributed by atoms with Gasteiger partial charge in [-0.2, -0.15) is 0 Å². The van der Waals surface area contributed by atoms with Crippen LogP contribution in [-0.2, 0) is 112 Å². The number of hydrogen-bond donors (Lipinski definition) is 25. The van der Waals surface area contributed by atoms with Crippen molar-refractivity contribution in [3.05, 3.63) is 102 Å². The molecule has 0 spiro atoms. The molecular weight excluding hydrogens is 1750 g/mol. The van der Waals surface area contributed by atoms with Gasteiger partial charge in [0.15, 0.2) is 0 Å². The second kappa shape index (κ2) is 57.4. The van der Waals surface area contributed by atoms with Gasteiger partial charge in [-0.05, 0) is 117 Å². The van der Waals surface area contributed by atoms with Crippen LogP contribution in [0, 0.1) is 35.5 Å². The molecule has 45 nitrogen and oxygen atoms in total. The van der Waals surface area contributed by atoms with E-state index in [1.165, 1.54) is 44.1 Å². The summed E-state index contributed by atoms with van der Waals surface area (Å²) in [6.07, 6.45) is 3.68. The SMILES string of the molecule is CC[C@H](C)[C@H](NC(=O)[C@H](C)NC(=O)[C@H](CC(=O)O)NC(=O)[C@H](CO)NC(=O)[C@@H](NC(=O)[C@H](Cc1ccccc1)NC(=O)[C@H](CCC(=O)O)NC(=O)[C@H](CC(C)C)NC(=O)[C@@H](N)Cc1ccc(O)cc1)[C@@H](C)CC)C(=O)N[C@H](C(=O)N[C@@H](Cc1c[nH]cn1)C(=O)N[C@H](C(=O)N[C@@H](CC(C)C)C(=O)N[C@@H](Cc1c[nH]cn1)C(=O)N[C@@H](CO)C(=O)N[C@@H](CCCCN)C(=O)O)C(C)C)[C@@H](C)CC. The highest BCUT2D eigenvalue weighted by Crippen LogP contribution is 2.20. The highest BCUT2D eigenvalue weighted by molar-refractivity contribution is 6.02. The van der Waals surface area contributed by atoms with Crippen LogP contribution in [0.1, 0.15) is 183 Å². The first-order valence-corrected chi connectivity index (χ1v) is 45.0. The molecular formula is C89H137N21O24. The zero-order valence-electron chi connectivity index (χ0n) is 78.0. The van der Waals surface area contributed by atoms with Gasteiger partial charge in [-0.25, -0.2) is 14.8 Å². The van der Waals surface area contributed by atoms with Gasteiger partial charge in [0.25, 0.3) is 0 Å². The van der Waals surface area contributed by atoms with Crippen molar-refractivity contribution in [3.63, 3.8) is 0 Å². The van der Waals surface area contributed by atoms with Gasteiger partial charge >= 0.3 is 17.9 Å². The van der Waals surface area contributed by atoms with Crippen LogP contribution in [0.4, 0.5) is 0 Å². The molecule has 0 aliphatic carbocycles. The molecule has 27 N–H and O–H groups in total. The minimum absolute atomic E-state index is 0.00731. The number of aromatic amines is 2. The van der Waals surface area contributed by atoms with Crippen molar-refractivity contribution in [2.75, 3.05) is 19.8 Å². The summed E-state index contributed by atoms with van der Waals surface area (Å²) < 4.78 is 0. The van der Waals surface area contributed by atoms with Crippen molar-refractivity contribution in [1.82, 2.24) is 99.7 Å². The molecule has 4 rings (SSSR count). The van der Waals surface area contributed by atoms with Crippen LogP contribution in [0.2, 0.25) is 0 Å². The number of nitrogens with one attached hydrogen (secondary N) is 17. The molecule has 2 heterocycles. The predicted molar refractivity (Wildman–Crippen MR) is 485 cm³/mol. The first-order valence-electron chi connectivity index (χ1n) is 45.0. The summed E-state index contributed by atoms with van der Waals surface area (Å²) in [6, 6.07) is -10.8. The summed E-state index contributed by atoms with van der Waals surface area (Å²) in [5.41, 5.74) is 13.4. The number of nitrogens with two attached hydrogens (primary N) is 2. The second-order valence-corrected chi connectivity index (χ2v) is 34.7. The van der Waals surface area contributed by atoms with E-state index in [0.717, 1.165) is 6.92 Å². The van der Waals surface area contributed by atoms with Gasteiger partial charge in [0.1, 0.15) is 96.4 Å². The summed E-state index contributed by atoms with van der Waals surface area (Å²) in [6.45, 7) is 19.2. The maximum Gasteiger partial charge on any atom is 0.326 e. The normalized spacial score (nSPS) is 15.6. The van der Waals surface area contributed by atoms with E-state index in [0.29, 0.717) is 24.0 Å². The zero-order chi connectivity index (χ0) is 100. The number of carboxylic acid groups (broad SMARTS) is 3. The first kappa shape index (κ1) is 113. The van der Waals surface area contributed by atoms with Crippen LogP contribution in [0.15, 0.2) is 79.6 Å². The van der Waals surface area contributed by atoms with Crippen LogP contribution in [-0.4, -0.2) is 274 Å². The maximum absolute atomic E-state index is 14.8. The van der Waals surface area contributed by atoms with E-state index in [2.05, 4.69) is 99.7 Å². The number of aliphatic hydroxyl groups excluding tert-OH is 2. The molecule has 0 aliphatic rings. The topological polar surface area (TPSA) is 718 Å². The third kappa shape index (κ3) is 38.6. The first-order chi connectivity index (χ1) is 63.3. The lowest BCUT2D eigenvalue weighted by Crippen LogP contribution is -2.63. The smallest absolute Gasteiger partial charge is 0.326 e. The van der Waals surface area contributed by atoms with Crippen molar-refractivity contribution in [2.24, 2.45) is 47.0 Å². The van der Waals surface area contributed by atoms with E-state index in [1.807, 2.05) is 0 Å². The largest absolute Gasteiger partial charge is 0.508 e. The van der Waals surface area contributed by atoms with E-state index in [-0.39, 0.29) is 99.7 Å². The quantitative estimate of drug-likeness (QED) is 0.0198. The Bertz CT molecular complexity index is 4520. The van der Waals surface area contributed by atoms with E-state index in [1.54, 1.807) is 119 Å². The van der Waals surface area contributed by atoms with E-state index < -0.39 is 259 Å². The number of nitrogens with zero attached hydrogens (tertiary/aromatic N) is 2. The fourth-order valence-electron chi connectivity index (χ4n) is 13.9. The summed E-state index contributed by atoms with van der Waals surface area (Å²) in [7, 11) is 0. The summed E-state index contributed by atoms with van der Waals surface area (Å²) >= 11 is 0. The molecule has 2 aromatic carbocycles. The molecule has 45 heteroatoms. The molecule has 0 aliphatic heterocycles. The number of amides is 15. The Morgan fingerprint density at radius 1 is 0.366 bits per heavy atom. The third-order valence-corrected chi connectivity index (χ3v) is 22.4. The highest BCUT2D eigenvalue weighted by atomic mass is 16.4. The molecule has 0 saturated carbocycles. The monoisotopic (exact) mass is 1880 g/mol. The number of benzene rings is 2. The van der Waals surface area contributed by atoms with Crippen molar-refractivity contribution in [1.29, 1.82) is 0 Å². The minimum atomic E-state index is -2.05. The second-order valence-electron chi connectivity index (χ2n) is 34.7. The number of aliphatic hydroxyl groups is 2. The zero-order valence-corrected chi connectivity index (χ0v) is 78.0. The predicted octanol–water partition coefficient (Wildman–Crippen LogP) is -2.85. The number of aromatic nitrogens is 4. The molecule has 134 heavy (non-hydrogen) atoms. The van der Waals surface area contributed by atoms with E-state index in [9.17, 15) is 117 Å². The number of carbonyl (C=O) groups excluding carboxylic acids is 15. The fourth-order valence-corrected chi connectivity index (χ4v) is 13.9. The van der Waals surface area contributed by atoms with E-state index in [4.69, 9.17) is 11.5 Å². The Labute approximate surface area is 777 Å². The van der Waals surface area contributed by atoms with Gasteiger partial charge in [-0.3, -0.25) is 81.5 Å². The maximum atomic E-state index is 14.8. The minimum Gasteiger partial charge on any atom is -0.508 e. The van der Waals surface area contributed by atoms with Crippen LogP contribution >= 0.6 is 0 Å². The number of phenolic OH excluding ortho intramolecular Hbond substituents is 1. The average Bonchev–Trinajstić information content (AvgIpc) is 1.16. The van der Waals surface area contributed by atoms with E-state index >= 15 is 0 Å². The molecule has 0 bridgehead atoms. The van der Waals surface area contributed by atoms with Crippen LogP contribution < -0.4 is 91.2 Å². The van der Waals surface area contributed by atoms with Crippen molar-refractivity contribution < 1.29 is 117 Å². The van der Waals surface area contributed by atoms with Crippen LogP contribution in [0.5, 0.6) is 5.75 Å². The molecule has 0 saturated heterocycles. The van der Waals surface area contributed by atoms with Gasteiger partial charge in [0.2, 0.25) is 88.6 Å². The number of aliphatic carboxylic acids is 3. The number of rotatable bonds is 61. The summed E-state index contributed by atoms with van der Waals surface area (Å²) in [5, 5.41) is 98.0. The van der Waals surface area contributed by atoms with Gasteiger partial charge in [0, 0.05) is 38.1 Å². The number of carboxylic acids is 3. The number of carbonyl (C=O) groups is 18. The van der Waals surface area contributed by atoms with Crippen LogP contribution in [0.3, 0.4) is 0 Å². The lowest BCUT2D eigenvalue weighted by molar-refractivity contribution is -0.143. The number of unbranched alkanes of at least 4 members (excludes halogenated alkanes) is 1. The molecule has 0 unspecified atom stereocenters. The lowest BCUT2D eigenvalue weighted by atomic mass is 9.94. The molecule has 15 amide bonds. The number of hydrogen-bond acceptors (Lipinski definition) is 25. The summed E-state index contributed by atoms with van der Waals surface area (Å²) in [4.78, 5) is 265. The van der Waals surface area contributed by atoms with Crippen molar-refractivity contribution in [2.45, 2.75) is 283 Å². The molecule has 4 aromatic rings. The highest BCUT2D eigenvalue weighted by Gasteiger charge is 2.42. The number of H-pyrrole nitrogens is 2. The lowest BCUT2D eigenvalue weighted by Gasteiger charge is -2.31. The molecule has 0 fully saturated rings. The van der Waals surface area contributed by atoms with Gasteiger partial charge in [0.05, 0.1) is 49.7 Å². The van der Waals surface area contributed by atoms with Gasteiger partial charge in [-0.1, -0.05) is 145 Å². The molecule has 19 atom stereocenters. The molecule has 0 radical (unpaired) electrons. The van der Waals surface area contributed by atoms with Gasteiger partial charge < -0.3 is 132 Å². The van der Waals surface area contributed by atoms with Crippen molar-refractivity contribution in [3.8, 4) is 5.75 Å². The standard InChI is InChI=1S/C89H137N21O24/c1-14-48(10)71(109-81(125)62(35-52-22-18-17-19-23-52)100-76(120)58(29-30-68(114)115)97-78(122)60(32-45(4)5)99-75(119)57(91)34-53-25-27-56(113)28-26-53)87(131)106-67(42-112)84(128)102-65(38-69(116)117)77(121)96-51(13)74(118)108-73(50(12)16-3)88(132)110-72(49(11)15-2)86(130)104-64(37-55-40-93-44-95-55)82(126)107-70(47(8)9)85(129)103-61(33-46(6)7)79(123)101-63(36-54-39-92-43-94-54)80(124)105-66(41-111)83(127)98-59(89(133)134)24-20-21-31-90/h17-19,22-23,25-28,39-40,43-51,57-67,70-73,111-113H,14-16,20-21,24,29-38,41-42,90-91H2,1-13H3,(H,92,94)(H,93,95)(H,96,121)(H,97,122)(H,98,127)(H,99,119)(H,100,120)(H,101,123)(H,102,128)(H,103,129)(H,104,130)(H,105,124)(H,106,131)(H,107,126)(H,108,118)(H,109,125)(H,110,132)(H,114,115)(H,116,117)(H,133,134)/t48-,49-,50-,51-,57-,58-,59-,60-,61-,62-,63-,64-,65-,66-,67-,70-,71-,72-,73-/m0/s1. The van der Waals surface area contributed by atoms with Crippen molar-refractivity contribution >= 4 is 107 Å². The Balaban J connectivity index is 1.53. The Morgan fingerprint density at radius 2 is 0.724 bits per heavy atom. The third-order valence-electron chi connectivity index (χ3n) is 22.4.